The van der Waals surface area contributed by atoms with Gasteiger partial charge in [-0.05, 0) is 19.3 Å². The fourth-order valence-electron chi connectivity index (χ4n) is 2.42. The highest BCUT2D eigenvalue weighted by Gasteiger charge is 2.24. The van der Waals surface area contributed by atoms with Crippen molar-refractivity contribution >= 4 is 11.8 Å². The molecule has 2 rings (SSSR count). The molecule has 106 valence electrons. The number of urea groups is 1. The summed E-state index contributed by atoms with van der Waals surface area (Å²) in [5.41, 5.74) is 0.940. The Labute approximate surface area is 113 Å². The third-order valence-electron chi connectivity index (χ3n) is 3.58. The first kappa shape index (κ1) is 13.9. The molecule has 19 heavy (non-hydrogen) atoms. The molecule has 0 bridgehead atoms. The molecule has 1 aromatic rings. The molecular formula is C13H22N4O2. The largest absolute Gasteiger partial charge is 0.391 e. The van der Waals surface area contributed by atoms with Gasteiger partial charge in [0.25, 0.3) is 0 Å². The highest BCUT2D eigenvalue weighted by atomic mass is 16.3. The Morgan fingerprint density at radius 2 is 2.26 bits per heavy atom. The van der Waals surface area contributed by atoms with Crippen molar-refractivity contribution in [1.82, 2.24) is 15.1 Å². The smallest absolute Gasteiger partial charge is 0.320 e. The van der Waals surface area contributed by atoms with Gasteiger partial charge in [-0.1, -0.05) is 19.8 Å². The van der Waals surface area contributed by atoms with Crippen molar-refractivity contribution in [1.29, 1.82) is 0 Å². The van der Waals surface area contributed by atoms with Gasteiger partial charge in [-0.2, -0.15) is 5.10 Å². The number of carbonyl (C=O) groups excluding carboxylic acids is 1. The zero-order chi connectivity index (χ0) is 13.8. The lowest BCUT2D eigenvalue weighted by atomic mass is 9.93. The molecule has 2 amide bonds. The molecule has 6 heteroatoms. The first-order valence-corrected chi connectivity index (χ1v) is 6.88. The Balaban J connectivity index is 1.91. The summed E-state index contributed by atoms with van der Waals surface area (Å²) in [5, 5.41) is 19.7. The number of hydrogen-bond donors (Lipinski definition) is 3. The summed E-state index contributed by atoms with van der Waals surface area (Å²) in [6, 6.07) is 1.43. The summed E-state index contributed by atoms with van der Waals surface area (Å²) < 4.78 is 1.65. The molecule has 3 N–H and O–H groups in total. The first-order valence-electron chi connectivity index (χ1n) is 6.88. The van der Waals surface area contributed by atoms with E-state index in [2.05, 4.69) is 15.7 Å². The van der Waals surface area contributed by atoms with E-state index in [0.717, 1.165) is 37.8 Å². The van der Waals surface area contributed by atoms with Crippen molar-refractivity contribution in [3.63, 3.8) is 0 Å². The summed E-state index contributed by atoms with van der Waals surface area (Å²) >= 11 is 0. The Hall–Kier alpha value is -1.56. The average molecular weight is 266 g/mol. The molecule has 0 aromatic carbocycles. The Kier molecular flexibility index (Phi) is 4.42. The topological polar surface area (TPSA) is 79.2 Å². The van der Waals surface area contributed by atoms with Crippen LogP contribution in [0.4, 0.5) is 10.6 Å². The van der Waals surface area contributed by atoms with Crippen LogP contribution < -0.4 is 10.6 Å². The van der Waals surface area contributed by atoms with E-state index in [0.29, 0.717) is 5.82 Å². The molecule has 6 nitrogen and oxygen atoms in total. The molecule has 0 saturated heterocycles. The highest BCUT2D eigenvalue weighted by Crippen LogP contribution is 2.18. The lowest BCUT2D eigenvalue weighted by Crippen LogP contribution is -2.46. The van der Waals surface area contributed by atoms with Crippen LogP contribution in [0.5, 0.6) is 0 Å². The van der Waals surface area contributed by atoms with Gasteiger partial charge in [0.2, 0.25) is 0 Å². The number of carbonyl (C=O) groups is 1. The van der Waals surface area contributed by atoms with Gasteiger partial charge in [0.15, 0.2) is 0 Å². The molecular weight excluding hydrogens is 244 g/mol. The quantitative estimate of drug-likeness (QED) is 0.774. The monoisotopic (exact) mass is 266 g/mol. The van der Waals surface area contributed by atoms with E-state index in [9.17, 15) is 9.90 Å². The van der Waals surface area contributed by atoms with E-state index in [1.54, 1.807) is 11.7 Å². The third kappa shape index (κ3) is 3.47. The number of hydrogen-bond acceptors (Lipinski definition) is 3. The number of aliphatic hydroxyl groups is 1. The number of nitrogens with one attached hydrogen (secondary N) is 2. The van der Waals surface area contributed by atoms with Gasteiger partial charge in [0, 0.05) is 13.1 Å². The summed E-state index contributed by atoms with van der Waals surface area (Å²) in [4.78, 5) is 11.9. The van der Waals surface area contributed by atoms with E-state index < -0.39 is 6.10 Å². The van der Waals surface area contributed by atoms with E-state index in [-0.39, 0.29) is 12.1 Å². The molecule has 0 spiro atoms. The fraction of sp³-hybridized carbons (Fsp3) is 0.692. The predicted octanol–water partition coefficient (Wildman–Crippen LogP) is 1.41. The SMILES string of the molecule is CCc1cc(NC(=O)NC2CCCCC2O)n(C)n1. The van der Waals surface area contributed by atoms with Crippen LogP contribution in [0.1, 0.15) is 38.3 Å². The van der Waals surface area contributed by atoms with E-state index >= 15 is 0 Å². The zero-order valence-corrected chi connectivity index (χ0v) is 11.5. The minimum atomic E-state index is -0.433. The number of aromatic nitrogens is 2. The van der Waals surface area contributed by atoms with Crippen LogP contribution in [0, 0.1) is 0 Å². The number of anilines is 1. The second kappa shape index (κ2) is 6.06. The van der Waals surface area contributed by atoms with Crippen molar-refractivity contribution in [2.75, 3.05) is 5.32 Å². The lowest BCUT2D eigenvalue weighted by Gasteiger charge is -2.28. The van der Waals surface area contributed by atoms with Crippen LogP contribution in [0.15, 0.2) is 6.07 Å². The molecule has 2 unspecified atom stereocenters. The molecule has 0 aliphatic heterocycles. The van der Waals surface area contributed by atoms with Crippen molar-refractivity contribution in [3.05, 3.63) is 11.8 Å². The number of amides is 2. The predicted molar refractivity (Wildman–Crippen MR) is 73.0 cm³/mol. The number of rotatable bonds is 3. The Morgan fingerprint density at radius 3 is 2.89 bits per heavy atom. The Bertz CT molecular complexity index is 444. The molecule has 0 radical (unpaired) electrons. The normalized spacial score (nSPS) is 23.1. The van der Waals surface area contributed by atoms with Crippen molar-refractivity contribution in [2.45, 2.75) is 51.2 Å². The lowest BCUT2D eigenvalue weighted by molar-refractivity contribution is 0.0955. The van der Waals surface area contributed by atoms with Crippen LogP contribution in [0.3, 0.4) is 0 Å². The Morgan fingerprint density at radius 1 is 1.53 bits per heavy atom. The van der Waals surface area contributed by atoms with Crippen molar-refractivity contribution in [2.24, 2.45) is 7.05 Å². The maximum absolute atomic E-state index is 11.9. The summed E-state index contributed by atoms with van der Waals surface area (Å²) in [5.74, 6) is 0.666. The van der Waals surface area contributed by atoms with Crippen molar-refractivity contribution < 1.29 is 9.90 Å². The van der Waals surface area contributed by atoms with E-state index in [1.165, 1.54) is 0 Å². The van der Waals surface area contributed by atoms with Crippen LogP contribution in [0.2, 0.25) is 0 Å². The first-order chi connectivity index (χ1) is 9.10. The molecule has 1 saturated carbocycles. The molecule has 1 fully saturated rings. The zero-order valence-electron chi connectivity index (χ0n) is 11.5. The van der Waals surface area contributed by atoms with Gasteiger partial charge in [0.05, 0.1) is 17.8 Å². The van der Waals surface area contributed by atoms with Gasteiger partial charge >= 0.3 is 6.03 Å². The second-order valence-electron chi connectivity index (χ2n) is 5.05. The van der Waals surface area contributed by atoms with Gasteiger partial charge < -0.3 is 10.4 Å². The number of aliphatic hydroxyl groups excluding tert-OH is 1. The summed E-state index contributed by atoms with van der Waals surface area (Å²) in [7, 11) is 1.80. The van der Waals surface area contributed by atoms with Crippen LogP contribution >= 0.6 is 0 Å². The molecule has 1 aliphatic rings. The summed E-state index contributed by atoms with van der Waals surface area (Å²) in [6.45, 7) is 2.02. The molecule has 2 atom stereocenters. The molecule has 1 aromatic heterocycles. The van der Waals surface area contributed by atoms with Gasteiger partial charge in [-0.15, -0.1) is 0 Å². The van der Waals surface area contributed by atoms with Crippen LogP contribution in [0.25, 0.3) is 0 Å². The minimum Gasteiger partial charge on any atom is -0.391 e. The summed E-state index contributed by atoms with van der Waals surface area (Å²) in [6.07, 6.45) is 4.07. The van der Waals surface area contributed by atoms with Gasteiger partial charge in [-0.3, -0.25) is 10.00 Å². The average Bonchev–Trinajstić information content (AvgIpc) is 2.73. The standard InChI is InChI=1S/C13H22N4O2/c1-3-9-8-12(17(2)16-9)15-13(19)14-10-6-4-5-7-11(10)18/h8,10-11,18H,3-7H2,1-2H3,(H2,14,15,19). The van der Waals surface area contributed by atoms with Gasteiger partial charge in [0.1, 0.15) is 5.82 Å². The minimum absolute atomic E-state index is 0.146. The molecule has 1 heterocycles. The second-order valence-corrected chi connectivity index (χ2v) is 5.05. The van der Waals surface area contributed by atoms with Crippen LogP contribution in [-0.4, -0.2) is 33.1 Å². The number of nitrogens with zero attached hydrogens (tertiary/aromatic N) is 2. The number of aryl methyl sites for hydroxylation is 2. The molecule has 1 aliphatic carbocycles. The third-order valence-corrected chi connectivity index (χ3v) is 3.58. The van der Waals surface area contributed by atoms with Gasteiger partial charge in [-0.25, -0.2) is 4.79 Å². The van der Waals surface area contributed by atoms with E-state index in [4.69, 9.17) is 0 Å². The van der Waals surface area contributed by atoms with Crippen molar-refractivity contribution in [3.8, 4) is 0 Å². The van der Waals surface area contributed by atoms with E-state index in [1.807, 2.05) is 13.0 Å². The fourth-order valence-corrected chi connectivity index (χ4v) is 2.42. The van der Waals surface area contributed by atoms with Crippen LogP contribution in [-0.2, 0) is 13.5 Å². The highest BCUT2D eigenvalue weighted by molar-refractivity contribution is 5.88. The maximum atomic E-state index is 11.9. The maximum Gasteiger partial charge on any atom is 0.320 e.